The SMILES string of the molecule is NCc1ccc(Sc2ncnc3ccccc23)cn1. The molecule has 2 heterocycles. The van der Waals surface area contributed by atoms with Crippen molar-refractivity contribution in [1.82, 2.24) is 15.0 Å². The van der Waals surface area contributed by atoms with Crippen LogP contribution in [0.4, 0.5) is 0 Å². The van der Waals surface area contributed by atoms with Crippen LogP contribution < -0.4 is 5.73 Å². The zero-order valence-corrected chi connectivity index (χ0v) is 11.0. The van der Waals surface area contributed by atoms with Crippen molar-refractivity contribution in [3.63, 3.8) is 0 Å². The van der Waals surface area contributed by atoms with Gasteiger partial charge in [-0.25, -0.2) is 9.97 Å². The molecule has 19 heavy (non-hydrogen) atoms. The summed E-state index contributed by atoms with van der Waals surface area (Å²) in [5, 5.41) is 1.99. The first-order chi connectivity index (χ1) is 9.36. The molecule has 4 nitrogen and oxygen atoms in total. The van der Waals surface area contributed by atoms with Gasteiger partial charge in [0.2, 0.25) is 0 Å². The Balaban J connectivity index is 1.96. The van der Waals surface area contributed by atoms with Crippen molar-refractivity contribution in [3.05, 3.63) is 54.6 Å². The Bertz CT molecular complexity index is 692. The van der Waals surface area contributed by atoms with Gasteiger partial charge in [0.1, 0.15) is 11.4 Å². The summed E-state index contributed by atoms with van der Waals surface area (Å²) in [6.45, 7) is 0.460. The summed E-state index contributed by atoms with van der Waals surface area (Å²) in [4.78, 5) is 13.9. The van der Waals surface area contributed by atoms with Crippen LogP contribution in [0.1, 0.15) is 5.69 Å². The van der Waals surface area contributed by atoms with Crippen LogP contribution in [-0.4, -0.2) is 15.0 Å². The third-order valence-corrected chi connectivity index (χ3v) is 3.72. The maximum absolute atomic E-state index is 5.54. The molecule has 3 rings (SSSR count). The van der Waals surface area contributed by atoms with E-state index in [0.717, 1.165) is 26.5 Å². The normalized spacial score (nSPS) is 10.8. The van der Waals surface area contributed by atoms with Crippen molar-refractivity contribution in [2.45, 2.75) is 16.5 Å². The van der Waals surface area contributed by atoms with E-state index in [0.29, 0.717) is 6.54 Å². The number of nitrogens with zero attached hydrogens (tertiary/aromatic N) is 3. The molecule has 2 N–H and O–H groups in total. The lowest BCUT2D eigenvalue weighted by atomic mass is 10.2. The summed E-state index contributed by atoms with van der Waals surface area (Å²) in [5.74, 6) is 0. The van der Waals surface area contributed by atoms with Crippen LogP contribution in [0.3, 0.4) is 0 Å². The van der Waals surface area contributed by atoms with E-state index in [-0.39, 0.29) is 0 Å². The van der Waals surface area contributed by atoms with Gasteiger partial charge in [-0.1, -0.05) is 30.0 Å². The minimum atomic E-state index is 0.460. The second-order valence-corrected chi connectivity index (χ2v) is 5.05. The molecular formula is C14H12N4S. The first-order valence-corrected chi connectivity index (χ1v) is 6.71. The van der Waals surface area contributed by atoms with Crippen LogP contribution in [0.2, 0.25) is 0 Å². The van der Waals surface area contributed by atoms with Gasteiger partial charge in [-0.05, 0) is 18.2 Å². The van der Waals surface area contributed by atoms with E-state index in [2.05, 4.69) is 15.0 Å². The Morgan fingerprint density at radius 1 is 1.00 bits per heavy atom. The second-order valence-electron chi connectivity index (χ2n) is 3.99. The summed E-state index contributed by atoms with van der Waals surface area (Å²) < 4.78 is 0. The van der Waals surface area contributed by atoms with Crippen LogP contribution >= 0.6 is 11.8 Å². The number of fused-ring (bicyclic) bond motifs is 1. The topological polar surface area (TPSA) is 64.7 Å². The molecule has 0 bridgehead atoms. The average Bonchev–Trinajstić information content (AvgIpc) is 2.48. The summed E-state index contributed by atoms with van der Waals surface area (Å²) in [5.41, 5.74) is 7.37. The number of aromatic nitrogens is 3. The average molecular weight is 268 g/mol. The second kappa shape index (κ2) is 5.34. The highest BCUT2D eigenvalue weighted by Gasteiger charge is 2.05. The highest BCUT2D eigenvalue weighted by Crippen LogP contribution is 2.30. The molecule has 0 fully saturated rings. The molecule has 0 saturated heterocycles. The molecule has 0 spiro atoms. The van der Waals surface area contributed by atoms with E-state index in [1.54, 1.807) is 18.1 Å². The van der Waals surface area contributed by atoms with E-state index >= 15 is 0 Å². The van der Waals surface area contributed by atoms with Gasteiger partial charge in [0.05, 0.1) is 11.2 Å². The monoisotopic (exact) mass is 268 g/mol. The van der Waals surface area contributed by atoms with E-state index in [1.165, 1.54) is 0 Å². The maximum Gasteiger partial charge on any atom is 0.117 e. The number of benzene rings is 1. The molecule has 0 aliphatic carbocycles. The fourth-order valence-electron chi connectivity index (χ4n) is 1.77. The number of para-hydroxylation sites is 1. The molecular weight excluding hydrogens is 256 g/mol. The van der Waals surface area contributed by atoms with Crippen molar-refractivity contribution >= 4 is 22.7 Å². The molecule has 0 aliphatic heterocycles. The van der Waals surface area contributed by atoms with Crippen LogP contribution in [-0.2, 0) is 6.54 Å². The largest absolute Gasteiger partial charge is 0.325 e. The van der Waals surface area contributed by atoms with Gasteiger partial charge in [0, 0.05) is 23.0 Å². The Labute approximate surface area is 115 Å². The molecule has 0 radical (unpaired) electrons. The molecule has 0 atom stereocenters. The van der Waals surface area contributed by atoms with Crippen LogP contribution in [0, 0.1) is 0 Å². The highest BCUT2D eigenvalue weighted by atomic mass is 32.2. The van der Waals surface area contributed by atoms with Crippen LogP contribution in [0.25, 0.3) is 10.9 Å². The van der Waals surface area contributed by atoms with Gasteiger partial charge in [-0.2, -0.15) is 0 Å². The fraction of sp³-hybridized carbons (Fsp3) is 0.0714. The molecule has 0 amide bonds. The van der Waals surface area contributed by atoms with E-state index in [1.807, 2.05) is 42.6 Å². The Hall–Kier alpha value is -1.98. The predicted molar refractivity (Wildman–Crippen MR) is 75.8 cm³/mol. The molecule has 2 aromatic heterocycles. The highest BCUT2D eigenvalue weighted by molar-refractivity contribution is 7.99. The molecule has 3 aromatic rings. The molecule has 5 heteroatoms. The molecule has 0 saturated carbocycles. The summed E-state index contributed by atoms with van der Waals surface area (Å²) >= 11 is 1.58. The van der Waals surface area contributed by atoms with Crippen LogP contribution in [0.15, 0.2) is 58.8 Å². The van der Waals surface area contributed by atoms with Crippen molar-refractivity contribution in [2.24, 2.45) is 5.73 Å². The van der Waals surface area contributed by atoms with Crippen molar-refractivity contribution in [2.75, 3.05) is 0 Å². The Kier molecular flexibility index (Phi) is 3.39. The third kappa shape index (κ3) is 2.57. The van der Waals surface area contributed by atoms with Crippen molar-refractivity contribution in [3.8, 4) is 0 Å². The molecule has 1 aromatic carbocycles. The number of hydrogen-bond acceptors (Lipinski definition) is 5. The predicted octanol–water partition coefficient (Wildman–Crippen LogP) is 2.63. The first-order valence-electron chi connectivity index (χ1n) is 5.89. The van der Waals surface area contributed by atoms with Gasteiger partial charge >= 0.3 is 0 Å². The quantitative estimate of drug-likeness (QED) is 0.740. The van der Waals surface area contributed by atoms with Crippen LogP contribution in [0.5, 0.6) is 0 Å². The Morgan fingerprint density at radius 3 is 2.68 bits per heavy atom. The van der Waals surface area contributed by atoms with Gasteiger partial charge in [0.25, 0.3) is 0 Å². The zero-order chi connectivity index (χ0) is 13.1. The van der Waals surface area contributed by atoms with Gasteiger partial charge in [0.15, 0.2) is 0 Å². The van der Waals surface area contributed by atoms with Gasteiger partial charge in [-0.15, -0.1) is 0 Å². The molecule has 94 valence electrons. The molecule has 0 aliphatic rings. The van der Waals surface area contributed by atoms with Crippen molar-refractivity contribution < 1.29 is 0 Å². The smallest absolute Gasteiger partial charge is 0.117 e. The lowest BCUT2D eigenvalue weighted by molar-refractivity contribution is 0.976. The third-order valence-electron chi connectivity index (χ3n) is 2.73. The van der Waals surface area contributed by atoms with E-state index < -0.39 is 0 Å². The van der Waals surface area contributed by atoms with Gasteiger partial charge in [-0.3, -0.25) is 4.98 Å². The minimum absolute atomic E-state index is 0.460. The van der Waals surface area contributed by atoms with E-state index in [9.17, 15) is 0 Å². The number of nitrogens with two attached hydrogens (primary N) is 1. The molecule has 0 unspecified atom stereocenters. The maximum atomic E-state index is 5.54. The fourth-order valence-corrected chi connectivity index (χ4v) is 2.61. The Morgan fingerprint density at radius 2 is 1.89 bits per heavy atom. The number of pyridine rings is 1. The first kappa shape index (κ1) is 12.1. The lowest BCUT2D eigenvalue weighted by Crippen LogP contribution is -1.98. The van der Waals surface area contributed by atoms with E-state index in [4.69, 9.17) is 5.73 Å². The standard InChI is InChI=1S/C14H12N4S/c15-7-10-5-6-11(8-16-10)19-14-12-3-1-2-4-13(12)17-9-18-14/h1-6,8-9H,7,15H2. The minimum Gasteiger partial charge on any atom is -0.325 e. The summed E-state index contributed by atoms with van der Waals surface area (Å²) in [7, 11) is 0. The zero-order valence-electron chi connectivity index (χ0n) is 10.2. The lowest BCUT2D eigenvalue weighted by Gasteiger charge is -2.04. The summed E-state index contributed by atoms with van der Waals surface area (Å²) in [6, 6.07) is 11.9. The summed E-state index contributed by atoms with van der Waals surface area (Å²) in [6.07, 6.45) is 3.41. The number of hydrogen-bond donors (Lipinski definition) is 1. The van der Waals surface area contributed by atoms with Gasteiger partial charge < -0.3 is 5.73 Å². The van der Waals surface area contributed by atoms with Crippen molar-refractivity contribution in [1.29, 1.82) is 0 Å². The number of rotatable bonds is 3.